The molecule has 1 aromatic rings. The van der Waals surface area contributed by atoms with Crippen LogP contribution >= 0.6 is 0 Å². The highest BCUT2D eigenvalue weighted by molar-refractivity contribution is 5.81. The predicted molar refractivity (Wildman–Crippen MR) is 84.7 cm³/mol. The maximum atomic E-state index is 12.3. The van der Waals surface area contributed by atoms with Gasteiger partial charge in [-0.3, -0.25) is 9.78 Å². The zero-order valence-electron chi connectivity index (χ0n) is 13.0. The van der Waals surface area contributed by atoms with Crippen molar-refractivity contribution in [1.29, 1.82) is 0 Å². The predicted octanol–water partition coefficient (Wildman–Crippen LogP) is 2.38. The summed E-state index contributed by atoms with van der Waals surface area (Å²) in [6.07, 6.45) is 9.79. The lowest BCUT2D eigenvalue weighted by Gasteiger charge is -2.26. The molecular weight excluding hydrogens is 262 g/mol. The van der Waals surface area contributed by atoms with E-state index < -0.39 is 0 Å². The van der Waals surface area contributed by atoms with Gasteiger partial charge in [0.05, 0.1) is 6.04 Å². The SMILES string of the molecule is CN(CCc1ccccn1)C(=O)C(N)CC1CCCCC1. The molecule has 1 amide bonds. The van der Waals surface area contributed by atoms with E-state index >= 15 is 0 Å². The molecule has 116 valence electrons. The second-order valence-electron chi connectivity index (χ2n) is 6.18. The Bertz CT molecular complexity index is 429. The lowest BCUT2D eigenvalue weighted by molar-refractivity contribution is -0.131. The lowest BCUT2D eigenvalue weighted by atomic mass is 9.85. The molecule has 4 nitrogen and oxygen atoms in total. The molecule has 1 atom stereocenters. The molecule has 1 heterocycles. The van der Waals surface area contributed by atoms with Gasteiger partial charge in [-0.05, 0) is 24.5 Å². The highest BCUT2D eigenvalue weighted by atomic mass is 16.2. The lowest BCUT2D eigenvalue weighted by Crippen LogP contribution is -2.43. The summed E-state index contributed by atoms with van der Waals surface area (Å²) in [4.78, 5) is 18.3. The van der Waals surface area contributed by atoms with E-state index in [1.807, 2.05) is 25.2 Å². The molecule has 1 unspecified atom stereocenters. The second-order valence-corrected chi connectivity index (χ2v) is 6.18. The molecule has 1 aromatic heterocycles. The first-order valence-electron chi connectivity index (χ1n) is 8.07. The van der Waals surface area contributed by atoms with Gasteiger partial charge in [0, 0.05) is 31.9 Å². The largest absolute Gasteiger partial charge is 0.344 e. The Morgan fingerprint density at radius 2 is 2.14 bits per heavy atom. The van der Waals surface area contributed by atoms with Gasteiger partial charge in [0.15, 0.2) is 0 Å². The number of hydrogen-bond donors (Lipinski definition) is 1. The number of nitrogens with two attached hydrogens (primary N) is 1. The number of carbonyl (C=O) groups excluding carboxylic acids is 1. The van der Waals surface area contributed by atoms with Crippen LogP contribution in [0.15, 0.2) is 24.4 Å². The van der Waals surface area contributed by atoms with E-state index in [1.54, 1.807) is 11.1 Å². The number of rotatable bonds is 6. The first-order valence-corrected chi connectivity index (χ1v) is 8.07. The van der Waals surface area contributed by atoms with E-state index in [0.29, 0.717) is 12.5 Å². The van der Waals surface area contributed by atoms with Crippen LogP contribution < -0.4 is 5.73 Å². The highest BCUT2D eigenvalue weighted by Crippen LogP contribution is 2.27. The van der Waals surface area contributed by atoms with Gasteiger partial charge in [-0.2, -0.15) is 0 Å². The fourth-order valence-corrected chi connectivity index (χ4v) is 3.10. The van der Waals surface area contributed by atoms with Crippen molar-refractivity contribution in [1.82, 2.24) is 9.88 Å². The van der Waals surface area contributed by atoms with E-state index in [4.69, 9.17) is 5.73 Å². The molecule has 2 N–H and O–H groups in total. The maximum absolute atomic E-state index is 12.3. The van der Waals surface area contributed by atoms with Gasteiger partial charge in [0.2, 0.25) is 5.91 Å². The first-order chi connectivity index (χ1) is 10.2. The monoisotopic (exact) mass is 289 g/mol. The summed E-state index contributed by atoms with van der Waals surface area (Å²) in [5.41, 5.74) is 7.12. The summed E-state index contributed by atoms with van der Waals surface area (Å²) in [5, 5.41) is 0. The van der Waals surface area contributed by atoms with Crippen LogP contribution in [-0.2, 0) is 11.2 Å². The van der Waals surface area contributed by atoms with Gasteiger partial charge in [-0.15, -0.1) is 0 Å². The molecule has 0 radical (unpaired) electrons. The average Bonchev–Trinajstić information content (AvgIpc) is 2.53. The zero-order chi connectivity index (χ0) is 15.1. The molecular formula is C17H27N3O. The molecule has 1 aliphatic rings. The van der Waals surface area contributed by atoms with Crippen molar-refractivity contribution >= 4 is 5.91 Å². The number of aromatic nitrogens is 1. The van der Waals surface area contributed by atoms with Crippen LogP contribution in [0.1, 0.15) is 44.2 Å². The van der Waals surface area contributed by atoms with Gasteiger partial charge >= 0.3 is 0 Å². The van der Waals surface area contributed by atoms with E-state index in [-0.39, 0.29) is 11.9 Å². The van der Waals surface area contributed by atoms with Gasteiger partial charge in [0.1, 0.15) is 0 Å². The van der Waals surface area contributed by atoms with Gasteiger partial charge in [-0.25, -0.2) is 0 Å². The molecule has 0 spiro atoms. The number of likely N-dealkylation sites (N-methyl/N-ethyl adjacent to an activating group) is 1. The van der Waals surface area contributed by atoms with Crippen LogP contribution in [-0.4, -0.2) is 35.4 Å². The van der Waals surface area contributed by atoms with Crippen molar-refractivity contribution in [3.8, 4) is 0 Å². The third-order valence-electron chi connectivity index (χ3n) is 4.43. The Kier molecular flexibility index (Phi) is 6.18. The Morgan fingerprint density at radius 1 is 1.38 bits per heavy atom. The summed E-state index contributed by atoms with van der Waals surface area (Å²) in [7, 11) is 1.84. The van der Waals surface area contributed by atoms with Crippen LogP contribution in [0.2, 0.25) is 0 Å². The smallest absolute Gasteiger partial charge is 0.239 e. The molecule has 2 rings (SSSR count). The summed E-state index contributed by atoms with van der Waals surface area (Å²) < 4.78 is 0. The molecule has 0 bridgehead atoms. The second kappa shape index (κ2) is 8.13. The summed E-state index contributed by atoms with van der Waals surface area (Å²) in [5.74, 6) is 0.707. The topological polar surface area (TPSA) is 59.2 Å². The number of nitrogens with zero attached hydrogens (tertiary/aromatic N) is 2. The highest BCUT2D eigenvalue weighted by Gasteiger charge is 2.23. The Labute approximate surface area is 127 Å². The van der Waals surface area contributed by atoms with Crippen molar-refractivity contribution in [2.45, 2.75) is 51.0 Å². The Morgan fingerprint density at radius 3 is 2.81 bits per heavy atom. The maximum Gasteiger partial charge on any atom is 0.239 e. The molecule has 4 heteroatoms. The van der Waals surface area contributed by atoms with Crippen LogP contribution in [0.3, 0.4) is 0 Å². The first kappa shape index (κ1) is 16.0. The zero-order valence-corrected chi connectivity index (χ0v) is 13.0. The van der Waals surface area contributed by atoms with Crippen LogP contribution in [0.5, 0.6) is 0 Å². The van der Waals surface area contributed by atoms with E-state index in [1.165, 1.54) is 32.1 Å². The minimum atomic E-state index is -0.346. The normalized spacial score (nSPS) is 17.4. The van der Waals surface area contributed by atoms with E-state index in [9.17, 15) is 4.79 Å². The third-order valence-corrected chi connectivity index (χ3v) is 4.43. The third kappa shape index (κ3) is 5.12. The minimum Gasteiger partial charge on any atom is -0.344 e. The minimum absolute atomic E-state index is 0.0662. The number of pyridine rings is 1. The van der Waals surface area contributed by atoms with Crippen molar-refractivity contribution in [2.75, 3.05) is 13.6 Å². The van der Waals surface area contributed by atoms with E-state index in [0.717, 1.165) is 18.5 Å². The number of amides is 1. The Hall–Kier alpha value is -1.42. The molecule has 21 heavy (non-hydrogen) atoms. The fraction of sp³-hybridized carbons (Fsp3) is 0.647. The molecule has 0 aromatic carbocycles. The van der Waals surface area contributed by atoms with Gasteiger partial charge in [0.25, 0.3) is 0 Å². The summed E-state index contributed by atoms with van der Waals surface area (Å²) in [6, 6.07) is 5.51. The Balaban J connectivity index is 1.75. The molecule has 0 saturated heterocycles. The van der Waals surface area contributed by atoms with Crippen LogP contribution in [0.25, 0.3) is 0 Å². The van der Waals surface area contributed by atoms with Gasteiger partial charge in [-0.1, -0.05) is 38.2 Å². The molecule has 1 aliphatic carbocycles. The summed E-state index contributed by atoms with van der Waals surface area (Å²) in [6.45, 7) is 0.675. The van der Waals surface area contributed by atoms with Crippen LogP contribution in [0.4, 0.5) is 0 Å². The number of hydrogen-bond acceptors (Lipinski definition) is 3. The van der Waals surface area contributed by atoms with Crippen molar-refractivity contribution in [3.05, 3.63) is 30.1 Å². The summed E-state index contributed by atoms with van der Waals surface area (Å²) >= 11 is 0. The van der Waals surface area contributed by atoms with Crippen molar-refractivity contribution in [2.24, 2.45) is 11.7 Å². The fourth-order valence-electron chi connectivity index (χ4n) is 3.10. The molecule has 0 aliphatic heterocycles. The van der Waals surface area contributed by atoms with Gasteiger partial charge < -0.3 is 10.6 Å². The standard InChI is InChI=1S/C17H27N3O/c1-20(12-10-15-9-5-6-11-19-15)17(21)16(18)13-14-7-3-2-4-8-14/h5-6,9,11,14,16H,2-4,7-8,10,12-13,18H2,1H3. The van der Waals surface area contributed by atoms with Crippen molar-refractivity contribution < 1.29 is 4.79 Å². The molecule has 1 fully saturated rings. The van der Waals surface area contributed by atoms with Crippen LogP contribution in [0, 0.1) is 5.92 Å². The quantitative estimate of drug-likeness (QED) is 0.874. The molecule has 1 saturated carbocycles. The van der Waals surface area contributed by atoms with Crippen molar-refractivity contribution in [3.63, 3.8) is 0 Å². The average molecular weight is 289 g/mol. The number of carbonyl (C=O) groups is 1. The van der Waals surface area contributed by atoms with E-state index in [2.05, 4.69) is 4.98 Å².